The maximum absolute atomic E-state index is 10.6. The van der Waals surface area contributed by atoms with Gasteiger partial charge in [0.15, 0.2) is 0 Å². The predicted molar refractivity (Wildman–Crippen MR) is 69.3 cm³/mol. The minimum atomic E-state index is -0.698. The van der Waals surface area contributed by atoms with Crippen LogP contribution in [0.5, 0.6) is 0 Å². The molecule has 3 heteroatoms. The molecule has 1 aromatic rings. The standard InChI is InChI=1S/C13H19NOS/c1-13(15,12-6-7-16-9-12)11-4-2-10(8-14)3-5-11/h2-5,12,15H,6-9,14H2,1H3. The topological polar surface area (TPSA) is 46.2 Å². The number of thioether (sulfide) groups is 1. The van der Waals surface area contributed by atoms with Gasteiger partial charge in [-0.2, -0.15) is 11.8 Å². The second-order valence-electron chi connectivity index (χ2n) is 4.61. The number of nitrogens with two attached hydrogens (primary N) is 1. The highest BCUT2D eigenvalue weighted by Crippen LogP contribution is 2.38. The number of aliphatic hydroxyl groups is 1. The summed E-state index contributed by atoms with van der Waals surface area (Å²) in [5, 5.41) is 10.6. The highest BCUT2D eigenvalue weighted by atomic mass is 32.2. The lowest BCUT2D eigenvalue weighted by Crippen LogP contribution is -2.31. The average Bonchev–Trinajstić information content (AvgIpc) is 2.83. The van der Waals surface area contributed by atoms with Gasteiger partial charge in [0.05, 0.1) is 5.60 Å². The van der Waals surface area contributed by atoms with E-state index in [0.29, 0.717) is 12.5 Å². The van der Waals surface area contributed by atoms with Crippen molar-refractivity contribution in [2.24, 2.45) is 11.7 Å². The van der Waals surface area contributed by atoms with Crippen molar-refractivity contribution in [1.82, 2.24) is 0 Å². The molecule has 1 aliphatic rings. The molecule has 2 unspecified atom stereocenters. The van der Waals surface area contributed by atoms with Crippen LogP contribution < -0.4 is 5.73 Å². The Balaban J connectivity index is 2.20. The zero-order valence-electron chi connectivity index (χ0n) is 9.65. The van der Waals surface area contributed by atoms with Gasteiger partial charge in [-0.3, -0.25) is 0 Å². The third kappa shape index (κ3) is 2.26. The van der Waals surface area contributed by atoms with Crippen molar-refractivity contribution in [3.8, 4) is 0 Å². The highest BCUT2D eigenvalue weighted by molar-refractivity contribution is 7.99. The zero-order valence-corrected chi connectivity index (χ0v) is 10.5. The first-order valence-electron chi connectivity index (χ1n) is 5.74. The van der Waals surface area contributed by atoms with Crippen LogP contribution in [-0.4, -0.2) is 16.6 Å². The Morgan fingerprint density at radius 1 is 1.44 bits per heavy atom. The summed E-state index contributed by atoms with van der Waals surface area (Å²) in [7, 11) is 0. The zero-order chi connectivity index (χ0) is 11.6. The molecule has 0 spiro atoms. The fourth-order valence-electron chi connectivity index (χ4n) is 2.19. The fraction of sp³-hybridized carbons (Fsp3) is 0.538. The summed E-state index contributed by atoms with van der Waals surface area (Å²) >= 11 is 1.93. The van der Waals surface area contributed by atoms with Crippen LogP contribution in [0.15, 0.2) is 24.3 Å². The molecule has 0 aliphatic carbocycles. The third-order valence-corrected chi connectivity index (χ3v) is 4.66. The van der Waals surface area contributed by atoms with Crippen molar-refractivity contribution >= 4 is 11.8 Å². The van der Waals surface area contributed by atoms with E-state index in [2.05, 4.69) is 0 Å². The molecule has 2 atom stereocenters. The lowest BCUT2D eigenvalue weighted by molar-refractivity contribution is 0.00473. The summed E-state index contributed by atoms with van der Waals surface area (Å²) < 4.78 is 0. The molecule has 1 aromatic carbocycles. The van der Waals surface area contributed by atoms with Gasteiger partial charge in [0.2, 0.25) is 0 Å². The van der Waals surface area contributed by atoms with E-state index in [1.54, 1.807) is 0 Å². The Morgan fingerprint density at radius 2 is 2.12 bits per heavy atom. The van der Waals surface area contributed by atoms with Crippen LogP contribution in [0.2, 0.25) is 0 Å². The Kier molecular flexibility index (Phi) is 3.57. The molecule has 2 rings (SSSR count). The van der Waals surface area contributed by atoms with Crippen molar-refractivity contribution < 1.29 is 5.11 Å². The van der Waals surface area contributed by atoms with Crippen molar-refractivity contribution in [2.45, 2.75) is 25.5 Å². The van der Waals surface area contributed by atoms with E-state index in [1.807, 2.05) is 43.0 Å². The second-order valence-corrected chi connectivity index (χ2v) is 5.76. The number of hydrogen-bond acceptors (Lipinski definition) is 3. The van der Waals surface area contributed by atoms with Gasteiger partial charge in [-0.15, -0.1) is 0 Å². The van der Waals surface area contributed by atoms with E-state index in [4.69, 9.17) is 5.73 Å². The molecule has 2 nitrogen and oxygen atoms in total. The first-order valence-corrected chi connectivity index (χ1v) is 6.89. The van der Waals surface area contributed by atoms with Gasteiger partial charge in [0.25, 0.3) is 0 Å². The van der Waals surface area contributed by atoms with Gasteiger partial charge in [-0.1, -0.05) is 24.3 Å². The molecular formula is C13H19NOS. The van der Waals surface area contributed by atoms with Crippen LogP contribution in [0.25, 0.3) is 0 Å². The fourth-order valence-corrected chi connectivity index (χ4v) is 3.59. The molecule has 3 N–H and O–H groups in total. The van der Waals surface area contributed by atoms with Gasteiger partial charge >= 0.3 is 0 Å². The summed E-state index contributed by atoms with van der Waals surface area (Å²) in [5.74, 6) is 2.61. The van der Waals surface area contributed by atoms with Crippen LogP contribution >= 0.6 is 11.8 Å². The monoisotopic (exact) mass is 237 g/mol. The maximum atomic E-state index is 10.6. The van der Waals surface area contributed by atoms with E-state index in [0.717, 1.165) is 23.3 Å². The Labute approximate surface area is 101 Å². The van der Waals surface area contributed by atoms with Crippen molar-refractivity contribution in [3.63, 3.8) is 0 Å². The van der Waals surface area contributed by atoms with Crippen LogP contribution in [0.3, 0.4) is 0 Å². The van der Waals surface area contributed by atoms with Crippen LogP contribution in [-0.2, 0) is 12.1 Å². The number of rotatable bonds is 3. The van der Waals surface area contributed by atoms with Crippen molar-refractivity contribution in [2.75, 3.05) is 11.5 Å². The van der Waals surface area contributed by atoms with E-state index < -0.39 is 5.60 Å². The predicted octanol–water partition coefficient (Wildman–Crippen LogP) is 2.11. The van der Waals surface area contributed by atoms with Crippen molar-refractivity contribution in [3.05, 3.63) is 35.4 Å². The maximum Gasteiger partial charge on any atom is 0.0904 e. The molecule has 0 radical (unpaired) electrons. The van der Waals surface area contributed by atoms with Crippen molar-refractivity contribution in [1.29, 1.82) is 0 Å². The third-order valence-electron chi connectivity index (χ3n) is 3.50. The smallest absolute Gasteiger partial charge is 0.0904 e. The average molecular weight is 237 g/mol. The summed E-state index contributed by atoms with van der Waals surface area (Å²) in [6, 6.07) is 8.02. The van der Waals surface area contributed by atoms with E-state index in [9.17, 15) is 5.11 Å². The molecule has 0 bridgehead atoms. The molecule has 1 heterocycles. The van der Waals surface area contributed by atoms with Gasteiger partial charge in [0, 0.05) is 12.5 Å². The summed E-state index contributed by atoms with van der Waals surface area (Å²) in [6.07, 6.45) is 1.11. The largest absolute Gasteiger partial charge is 0.385 e. The molecule has 1 saturated heterocycles. The Morgan fingerprint density at radius 3 is 2.62 bits per heavy atom. The molecule has 0 aromatic heterocycles. The molecule has 0 saturated carbocycles. The van der Waals surface area contributed by atoms with Crippen LogP contribution in [0.4, 0.5) is 0 Å². The van der Waals surface area contributed by atoms with Gasteiger partial charge in [0.1, 0.15) is 0 Å². The molecule has 88 valence electrons. The lowest BCUT2D eigenvalue weighted by atomic mass is 9.82. The summed E-state index contributed by atoms with van der Waals surface area (Å²) in [4.78, 5) is 0. The molecular weight excluding hydrogens is 218 g/mol. The molecule has 1 aliphatic heterocycles. The first kappa shape index (κ1) is 12.0. The lowest BCUT2D eigenvalue weighted by Gasteiger charge is -2.30. The molecule has 1 fully saturated rings. The van der Waals surface area contributed by atoms with Gasteiger partial charge in [-0.25, -0.2) is 0 Å². The second kappa shape index (κ2) is 4.78. The Bertz CT molecular complexity index is 341. The molecule has 0 amide bonds. The number of benzene rings is 1. The normalized spacial score (nSPS) is 24.3. The van der Waals surface area contributed by atoms with Gasteiger partial charge < -0.3 is 10.8 Å². The van der Waals surface area contributed by atoms with Crippen LogP contribution in [0, 0.1) is 5.92 Å². The van der Waals surface area contributed by atoms with Gasteiger partial charge in [-0.05, 0) is 36.0 Å². The summed E-state index contributed by atoms with van der Waals surface area (Å²) in [5.41, 5.74) is 6.99. The highest BCUT2D eigenvalue weighted by Gasteiger charge is 2.35. The van der Waals surface area contributed by atoms with Crippen LogP contribution in [0.1, 0.15) is 24.5 Å². The Hall–Kier alpha value is -0.510. The first-order chi connectivity index (χ1) is 7.64. The SMILES string of the molecule is CC(O)(c1ccc(CN)cc1)C1CCSC1. The van der Waals surface area contributed by atoms with E-state index in [1.165, 1.54) is 5.75 Å². The van der Waals surface area contributed by atoms with E-state index >= 15 is 0 Å². The summed E-state index contributed by atoms with van der Waals surface area (Å²) in [6.45, 7) is 2.49. The quantitative estimate of drug-likeness (QED) is 0.846. The minimum Gasteiger partial charge on any atom is -0.385 e. The minimum absolute atomic E-state index is 0.376. The number of hydrogen-bond donors (Lipinski definition) is 2. The van der Waals surface area contributed by atoms with E-state index in [-0.39, 0.29) is 0 Å². The molecule has 16 heavy (non-hydrogen) atoms.